The van der Waals surface area contributed by atoms with Crippen molar-refractivity contribution >= 4 is 11.8 Å². The number of nitrogens with one attached hydrogen (secondary N) is 1. The maximum Gasteiger partial charge on any atom is 0.306 e. The molecule has 1 aromatic heterocycles. The molecule has 2 aliphatic rings. The molecule has 2 atom stereocenters. The van der Waals surface area contributed by atoms with Crippen LogP contribution in [0.4, 0.5) is 5.82 Å². The molecule has 1 aliphatic carbocycles. The van der Waals surface area contributed by atoms with Crippen LogP contribution in [0.2, 0.25) is 0 Å². The number of aryl methyl sites for hydroxylation is 1. The van der Waals surface area contributed by atoms with Gasteiger partial charge in [-0.1, -0.05) is 32.0 Å². The molecule has 5 heteroatoms. The van der Waals surface area contributed by atoms with Crippen molar-refractivity contribution in [2.75, 3.05) is 25.1 Å². The Balaban J connectivity index is 1.29. The van der Waals surface area contributed by atoms with Gasteiger partial charge in [-0.25, -0.2) is 4.98 Å². The van der Waals surface area contributed by atoms with Crippen LogP contribution in [0.5, 0.6) is 5.75 Å². The first-order valence-corrected chi connectivity index (χ1v) is 11.1. The maximum atomic E-state index is 11.9. The molecular formula is C25H32N2O3. The van der Waals surface area contributed by atoms with E-state index in [4.69, 9.17) is 14.5 Å². The van der Waals surface area contributed by atoms with Crippen molar-refractivity contribution in [3.8, 4) is 5.75 Å². The van der Waals surface area contributed by atoms with Crippen LogP contribution in [0.1, 0.15) is 56.4 Å². The molecule has 0 saturated heterocycles. The molecule has 4 rings (SSSR count). The highest BCUT2D eigenvalue weighted by molar-refractivity contribution is 5.71. The highest BCUT2D eigenvalue weighted by Gasteiger charge is 2.58. The van der Waals surface area contributed by atoms with E-state index >= 15 is 0 Å². The van der Waals surface area contributed by atoms with E-state index in [1.54, 1.807) is 0 Å². The molecule has 2 aromatic rings. The summed E-state index contributed by atoms with van der Waals surface area (Å²) < 4.78 is 11.1. The number of esters is 1. The average Bonchev–Trinajstić information content (AvgIpc) is 3.28. The Morgan fingerprint density at radius 1 is 1.20 bits per heavy atom. The lowest BCUT2D eigenvalue weighted by Gasteiger charge is -2.17. The van der Waals surface area contributed by atoms with Crippen LogP contribution in [0, 0.1) is 11.3 Å². The lowest BCUT2D eigenvalue weighted by molar-refractivity contribution is -0.143. The predicted octanol–water partition coefficient (Wildman–Crippen LogP) is 4.75. The summed E-state index contributed by atoms with van der Waals surface area (Å²) in [6.45, 7) is 8.36. The van der Waals surface area contributed by atoms with Crippen molar-refractivity contribution in [2.45, 2.75) is 52.4 Å². The average molecular weight is 409 g/mol. The van der Waals surface area contributed by atoms with Crippen LogP contribution < -0.4 is 10.1 Å². The van der Waals surface area contributed by atoms with E-state index < -0.39 is 0 Å². The standard InChI is InChI=1S/C25H32N2O3/c1-4-29-22(28)16-21-23(25(21,2)3)17-8-11-20(12-9-17)30-15-13-19-10-7-18-6-5-14-26-24(18)27-19/h7-12,21,23H,4-6,13-16H2,1-3H3,(H,26,27). The lowest BCUT2D eigenvalue weighted by Crippen LogP contribution is -2.14. The number of benzene rings is 1. The molecule has 2 heterocycles. The van der Waals surface area contributed by atoms with Gasteiger partial charge >= 0.3 is 5.97 Å². The third-order valence-corrected chi connectivity index (χ3v) is 6.56. The molecule has 0 spiro atoms. The van der Waals surface area contributed by atoms with E-state index in [1.165, 1.54) is 17.5 Å². The number of fused-ring (bicyclic) bond motifs is 1. The van der Waals surface area contributed by atoms with Crippen LogP contribution in [0.3, 0.4) is 0 Å². The van der Waals surface area contributed by atoms with E-state index in [0.717, 1.165) is 36.6 Å². The summed E-state index contributed by atoms with van der Waals surface area (Å²) in [5.74, 6) is 2.54. The van der Waals surface area contributed by atoms with Crippen LogP contribution in [-0.2, 0) is 22.4 Å². The maximum absolute atomic E-state index is 11.9. The van der Waals surface area contributed by atoms with E-state index in [9.17, 15) is 4.79 Å². The van der Waals surface area contributed by atoms with Crippen molar-refractivity contribution < 1.29 is 14.3 Å². The molecule has 1 aromatic carbocycles. The second kappa shape index (κ2) is 8.66. The quantitative estimate of drug-likeness (QED) is 0.639. The number of nitrogens with zero attached hydrogens (tertiary/aromatic N) is 1. The molecule has 1 fully saturated rings. The Hall–Kier alpha value is -2.56. The van der Waals surface area contributed by atoms with Gasteiger partial charge < -0.3 is 14.8 Å². The predicted molar refractivity (Wildman–Crippen MR) is 118 cm³/mol. The summed E-state index contributed by atoms with van der Waals surface area (Å²) in [7, 11) is 0. The Kier molecular flexibility index (Phi) is 5.98. The zero-order valence-electron chi connectivity index (χ0n) is 18.2. The van der Waals surface area contributed by atoms with Gasteiger partial charge in [-0.15, -0.1) is 0 Å². The van der Waals surface area contributed by atoms with E-state index in [-0.39, 0.29) is 11.4 Å². The van der Waals surface area contributed by atoms with Gasteiger partial charge in [-0.05, 0) is 66.3 Å². The normalized spacial score (nSPS) is 21.3. The minimum atomic E-state index is -0.0935. The summed E-state index contributed by atoms with van der Waals surface area (Å²) in [4.78, 5) is 16.6. The zero-order chi connectivity index (χ0) is 21.1. The first-order valence-electron chi connectivity index (χ1n) is 11.1. The summed E-state index contributed by atoms with van der Waals surface area (Å²) >= 11 is 0. The fourth-order valence-electron chi connectivity index (χ4n) is 4.74. The van der Waals surface area contributed by atoms with Crippen molar-refractivity contribution in [3.05, 3.63) is 53.2 Å². The molecule has 0 bridgehead atoms. The van der Waals surface area contributed by atoms with Gasteiger partial charge in [0.2, 0.25) is 0 Å². The minimum absolute atomic E-state index is 0.0935. The molecule has 0 radical (unpaired) electrons. The SMILES string of the molecule is CCOC(=O)CC1C(c2ccc(OCCc3ccc4c(n3)NCCC4)cc2)C1(C)C. The Morgan fingerprint density at radius 3 is 2.77 bits per heavy atom. The van der Waals surface area contributed by atoms with E-state index in [1.807, 2.05) is 19.1 Å². The molecule has 160 valence electrons. The molecule has 30 heavy (non-hydrogen) atoms. The van der Waals surface area contributed by atoms with E-state index in [0.29, 0.717) is 31.5 Å². The van der Waals surface area contributed by atoms with Gasteiger partial charge in [0.15, 0.2) is 0 Å². The molecular weight excluding hydrogens is 376 g/mol. The summed E-state index contributed by atoms with van der Waals surface area (Å²) in [5, 5.41) is 3.38. The van der Waals surface area contributed by atoms with Crippen LogP contribution >= 0.6 is 0 Å². The minimum Gasteiger partial charge on any atom is -0.493 e. The third kappa shape index (κ3) is 4.45. The topological polar surface area (TPSA) is 60.5 Å². The highest BCUT2D eigenvalue weighted by atomic mass is 16.5. The number of aromatic nitrogens is 1. The van der Waals surface area contributed by atoms with Crippen molar-refractivity contribution in [1.29, 1.82) is 0 Å². The summed E-state index contributed by atoms with van der Waals surface area (Å²) in [6.07, 6.45) is 3.56. The van der Waals surface area contributed by atoms with Gasteiger partial charge in [-0.2, -0.15) is 0 Å². The van der Waals surface area contributed by atoms with Crippen molar-refractivity contribution in [2.24, 2.45) is 11.3 Å². The molecule has 1 aliphatic heterocycles. The van der Waals surface area contributed by atoms with Gasteiger partial charge in [-0.3, -0.25) is 4.79 Å². The highest BCUT2D eigenvalue weighted by Crippen LogP contribution is 2.66. The summed E-state index contributed by atoms with van der Waals surface area (Å²) in [5.41, 5.74) is 3.76. The number of ether oxygens (including phenoxy) is 2. The van der Waals surface area contributed by atoms with Crippen LogP contribution in [0.15, 0.2) is 36.4 Å². The van der Waals surface area contributed by atoms with Crippen LogP contribution in [0.25, 0.3) is 0 Å². The zero-order valence-corrected chi connectivity index (χ0v) is 18.2. The molecule has 1 N–H and O–H groups in total. The Labute approximate surface area is 179 Å². The second-order valence-corrected chi connectivity index (χ2v) is 8.92. The number of rotatable bonds is 8. The first-order chi connectivity index (χ1) is 14.5. The van der Waals surface area contributed by atoms with Crippen LogP contribution in [-0.4, -0.2) is 30.7 Å². The van der Waals surface area contributed by atoms with E-state index in [2.05, 4.69) is 43.4 Å². The number of anilines is 1. The van der Waals surface area contributed by atoms with Gasteiger partial charge in [0.25, 0.3) is 0 Å². The van der Waals surface area contributed by atoms with Gasteiger partial charge in [0.05, 0.1) is 13.2 Å². The van der Waals surface area contributed by atoms with Crippen molar-refractivity contribution in [3.63, 3.8) is 0 Å². The monoisotopic (exact) mass is 408 g/mol. The summed E-state index contributed by atoms with van der Waals surface area (Å²) in [6, 6.07) is 12.6. The third-order valence-electron chi connectivity index (χ3n) is 6.56. The smallest absolute Gasteiger partial charge is 0.306 e. The number of carbonyl (C=O) groups excluding carboxylic acids is 1. The largest absolute Gasteiger partial charge is 0.493 e. The van der Waals surface area contributed by atoms with Gasteiger partial charge in [0, 0.05) is 25.1 Å². The first kappa shape index (κ1) is 20.7. The molecule has 2 unspecified atom stereocenters. The second-order valence-electron chi connectivity index (χ2n) is 8.92. The Morgan fingerprint density at radius 2 is 2.00 bits per heavy atom. The molecule has 5 nitrogen and oxygen atoms in total. The van der Waals surface area contributed by atoms with Gasteiger partial charge in [0.1, 0.15) is 11.6 Å². The van der Waals surface area contributed by atoms with Crippen molar-refractivity contribution in [1.82, 2.24) is 4.98 Å². The lowest BCUT2D eigenvalue weighted by atomic mass is 10.0. The number of carbonyl (C=O) groups is 1. The molecule has 1 saturated carbocycles. The fraction of sp³-hybridized carbons (Fsp3) is 0.520. The number of hydrogen-bond donors (Lipinski definition) is 1. The fourth-order valence-corrected chi connectivity index (χ4v) is 4.74. The Bertz CT molecular complexity index is 892. The molecule has 0 amide bonds. The number of hydrogen-bond acceptors (Lipinski definition) is 5. The number of pyridine rings is 1.